The number of ether oxygens (including phenoxy) is 1. The smallest absolute Gasteiger partial charge is 0.387 e. The molecule has 0 fully saturated rings. The summed E-state index contributed by atoms with van der Waals surface area (Å²) in [5.41, 5.74) is 3.43. The number of hydrogen-bond donors (Lipinski definition) is 0. The molecule has 0 saturated heterocycles. The van der Waals surface area contributed by atoms with E-state index >= 15 is 0 Å². The lowest BCUT2D eigenvalue weighted by molar-refractivity contribution is -0.0507. The minimum atomic E-state index is -2.97. The van der Waals surface area contributed by atoms with Gasteiger partial charge in [0, 0.05) is 36.6 Å². The van der Waals surface area contributed by atoms with Crippen molar-refractivity contribution in [2.45, 2.75) is 44.9 Å². The Hall–Kier alpha value is -3.40. The van der Waals surface area contributed by atoms with Crippen LogP contribution in [0.4, 0.5) is 8.78 Å². The molecule has 158 valence electrons. The van der Waals surface area contributed by atoms with Gasteiger partial charge in [-0.05, 0) is 36.8 Å². The van der Waals surface area contributed by atoms with Crippen LogP contribution in [0.25, 0.3) is 11.0 Å². The van der Waals surface area contributed by atoms with Gasteiger partial charge in [0.2, 0.25) is 0 Å². The van der Waals surface area contributed by atoms with Gasteiger partial charge in [-0.3, -0.25) is 4.79 Å². The van der Waals surface area contributed by atoms with E-state index in [1.54, 1.807) is 24.1 Å². The van der Waals surface area contributed by atoms with Crippen LogP contribution in [0.5, 0.6) is 5.75 Å². The van der Waals surface area contributed by atoms with Crippen molar-refractivity contribution in [3.8, 4) is 17.6 Å². The van der Waals surface area contributed by atoms with Crippen LogP contribution in [0.3, 0.4) is 0 Å². The zero-order valence-corrected chi connectivity index (χ0v) is 17.2. The van der Waals surface area contributed by atoms with Crippen molar-refractivity contribution in [1.29, 1.82) is 0 Å². The van der Waals surface area contributed by atoms with Crippen molar-refractivity contribution in [1.82, 2.24) is 14.5 Å². The number of alkyl halides is 2. The summed E-state index contributed by atoms with van der Waals surface area (Å²) >= 11 is 0. The SMILES string of the molecule is CCCC#Cc1ccc2nc3n(c2c1)C1CC3N(C)C(=O)c2cccc(OC(F)F)c21. The molecule has 31 heavy (non-hydrogen) atoms. The van der Waals surface area contributed by atoms with Crippen LogP contribution in [0, 0.1) is 11.8 Å². The third kappa shape index (κ3) is 3.05. The van der Waals surface area contributed by atoms with Crippen LogP contribution in [0.2, 0.25) is 0 Å². The van der Waals surface area contributed by atoms with Crippen molar-refractivity contribution in [2.75, 3.05) is 7.05 Å². The number of fused-ring (bicyclic) bond motifs is 9. The van der Waals surface area contributed by atoms with E-state index in [0.717, 1.165) is 35.3 Å². The van der Waals surface area contributed by atoms with Crippen molar-refractivity contribution in [3.63, 3.8) is 0 Å². The lowest BCUT2D eigenvalue weighted by Gasteiger charge is -2.24. The molecule has 0 spiro atoms. The summed E-state index contributed by atoms with van der Waals surface area (Å²) in [6, 6.07) is 10.0. The lowest BCUT2D eigenvalue weighted by atomic mass is 9.97. The molecule has 2 unspecified atom stereocenters. The standard InChI is InChI=1S/C24H21F2N3O2/c1-3-4-5-7-14-10-11-16-17(12-14)29-18-13-19(22(29)27-16)28(2)23(30)15-8-6-9-20(21(15)18)31-24(25)26/h6,8-12,18-19,24H,3-4,13H2,1-2H3. The highest BCUT2D eigenvalue weighted by atomic mass is 19.3. The van der Waals surface area contributed by atoms with E-state index in [9.17, 15) is 13.6 Å². The molecule has 0 saturated carbocycles. The molecule has 2 aliphatic heterocycles. The number of carbonyl (C=O) groups is 1. The zero-order valence-electron chi connectivity index (χ0n) is 17.2. The Labute approximate surface area is 178 Å². The fourth-order valence-electron chi connectivity index (χ4n) is 4.65. The number of unbranched alkanes of at least 4 members (excludes halogenated alkanes) is 1. The van der Waals surface area contributed by atoms with Gasteiger partial charge in [0.1, 0.15) is 11.6 Å². The highest BCUT2D eigenvalue weighted by molar-refractivity contribution is 5.97. The minimum Gasteiger partial charge on any atom is -0.434 e. The maximum atomic E-state index is 13.1. The van der Waals surface area contributed by atoms with Crippen molar-refractivity contribution < 1.29 is 18.3 Å². The first-order chi connectivity index (χ1) is 15.0. The molecule has 2 bridgehead atoms. The number of halogens is 2. The molecule has 2 aliphatic rings. The number of nitrogens with zero attached hydrogens (tertiary/aromatic N) is 3. The number of aromatic nitrogens is 2. The predicted molar refractivity (Wildman–Crippen MR) is 112 cm³/mol. The van der Waals surface area contributed by atoms with E-state index in [1.807, 2.05) is 18.2 Å². The van der Waals surface area contributed by atoms with Crippen molar-refractivity contribution in [3.05, 3.63) is 58.9 Å². The number of imidazole rings is 1. The Morgan fingerprint density at radius 3 is 2.87 bits per heavy atom. The average molecular weight is 421 g/mol. The second-order valence-corrected chi connectivity index (χ2v) is 7.87. The lowest BCUT2D eigenvalue weighted by Crippen LogP contribution is -2.30. The highest BCUT2D eigenvalue weighted by Gasteiger charge is 2.44. The van der Waals surface area contributed by atoms with Gasteiger partial charge in [-0.2, -0.15) is 8.78 Å². The first-order valence-corrected chi connectivity index (χ1v) is 10.3. The molecular weight excluding hydrogens is 400 g/mol. The number of benzene rings is 2. The predicted octanol–water partition coefficient (Wildman–Crippen LogP) is 4.91. The molecule has 0 N–H and O–H groups in total. The number of hydrogen-bond acceptors (Lipinski definition) is 3. The third-order valence-electron chi connectivity index (χ3n) is 6.01. The Bertz CT molecular complexity index is 1250. The van der Waals surface area contributed by atoms with Crippen LogP contribution in [0.15, 0.2) is 36.4 Å². The van der Waals surface area contributed by atoms with Gasteiger partial charge in [0.25, 0.3) is 5.91 Å². The van der Waals surface area contributed by atoms with Gasteiger partial charge in [0.15, 0.2) is 0 Å². The second-order valence-electron chi connectivity index (χ2n) is 7.87. The van der Waals surface area contributed by atoms with Crippen LogP contribution < -0.4 is 4.74 Å². The van der Waals surface area contributed by atoms with E-state index in [0.29, 0.717) is 17.5 Å². The molecule has 1 aromatic heterocycles. The van der Waals surface area contributed by atoms with E-state index in [-0.39, 0.29) is 23.7 Å². The summed E-state index contributed by atoms with van der Waals surface area (Å²) in [5.74, 6) is 6.92. The van der Waals surface area contributed by atoms with E-state index < -0.39 is 6.61 Å². The Kier molecular flexibility index (Phi) is 4.66. The highest BCUT2D eigenvalue weighted by Crippen LogP contribution is 2.49. The summed E-state index contributed by atoms with van der Waals surface area (Å²) in [4.78, 5) is 19.6. The monoisotopic (exact) mass is 421 g/mol. The van der Waals surface area contributed by atoms with Crippen molar-refractivity contribution >= 4 is 16.9 Å². The summed E-state index contributed by atoms with van der Waals surface area (Å²) in [5, 5.41) is 0. The molecule has 2 atom stereocenters. The van der Waals surface area contributed by atoms with Gasteiger partial charge in [-0.25, -0.2) is 4.98 Å². The minimum absolute atomic E-state index is 0.0356. The molecular formula is C24H21F2N3O2. The molecule has 0 radical (unpaired) electrons. The summed E-state index contributed by atoms with van der Waals surface area (Å²) < 4.78 is 33.2. The topological polar surface area (TPSA) is 47.4 Å². The molecule has 3 heterocycles. The normalized spacial score (nSPS) is 19.1. The summed E-state index contributed by atoms with van der Waals surface area (Å²) in [6.45, 7) is -0.890. The maximum Gasteiger partial charge on any atom is 0.387 e. The fourth-order valence-corrected chi connectivity index (χ4v) is 4.65. The van der Waals surface area contributed by atoms with Gasteiger partial charge in [0.05, 0.1) is 23.1 Å². The molecule has 5 nitrogen and oxygen atoms in total. The Morgan fingerprint density at radius 2 is 2.10 bits per heavy atom. The molecule has 1 amide bonds. The van der Waals surface area contributed by atoms with Crippen LogP contribution in [-0.2, 0) is 0 Å². The van der Waals surface area contributed by atoms with Gasteiger partial charge in [-0.1, -0.05) is 24.8 Å². The zero-order chi connectivity index (χ0) is 21.7. The number of carbonyl (C=O) groups excluding carboxylic acids is 1. The van der Waals surface area contributed by atoms with Crippen molar-refractivity contribution in [2.24, 2.45) is 0 Å². The van der Waals surface area contributed by atoms with E-state index in [1.165, 1.54) is 6.07 Å². The average Bonchev–Trinajstić information content (AvgIpc) is 3.26. The van der Waals surface area contributed by atoms with Gasteiger partial charge < -0.3 is 14.2 Å². The molecule has 5 rings (SSSR count). The molecule has 7 heteroatoms. The largest absolute Gasteiger partial charge is 0.434 e. The van der Waals surface area contributed by atoms with Gasteiger partial charge in [-0.15, -0.1) is 0 Å². The van der Waals surface area contributed by atoms with Crippen LogP contribution >= 0.6 is 0 Å². The molecule has 3 aromatic rings. The van der Waals surface area contributed by atoms with Crippen LogP contribution in [-0.4, -0.2) is 34.0 Å². The Morgan fingerprint density at radius 1 is 1.26 bits per heavy atom. The van der Waals surface area contributed by atoms with Gasteiger partial charge >= 0.3 is 6.61 Å². The first-order valence-electron chi connectivity index (χ1n) is 10.3. The summed E-state index contributed by atoms with van der Waals surface area (Å²) in [7, 11) is 1.73. The maximum absolute atomic E-state index is 13.1. The fraction of sp³-hybridized carbons (Fsp3) is 0.333. The van der Waals surface area contributed by atoms with E-state index in [4.69, 9.17) is 9.72 Å². The number of rotatable bonds is 3. The Balaban J connectivity index is 1.73. The quantitative estimate of drug-likeness (QED) is 0.565. The number of amides is 1. The molecule has 0 aliphatic carbocycles. The van der Waals surface area contributed by atoms with E-state index in [2.05, 4.69) is 23.3 Å². The molecule has 2 aromatic carbocycles. The first kappa shape index (κ1) is 19.6. The van der Waals surface area contributed by atoms with Crippen LogP contribution in [0.1, 0.15) is 65.6 Å². The third-order valence-corrected chi connectivity index (χ3v) is 6.01. The summed E-state index contributed by atoms with van der Waals surface area (Å²) in [6.07, 6.45) is 2.37. The second kappa shape index (κ2) is 7.38.